The Bertz CT molecular complexity index is 421. The number of para-hydroxylation sites is 1. The maximum atomic E-state index is 3.64. The van der Waals surface area contributed by atoms with E-state index in [-0.39, 0.29) is 0 Å². The van der Waals surface area contributed by atoms with Gasteiger partial charge in [0.2, 0.25) is 0 Å². The number of nitrogens with one attached hydrogen (secondary N) is 1. The highest BCUT2D eigenvalue weighted by molar-refractivity contribution is 5.75. The van der Waals surface area contributed by atoms with Gasteiger partial charge in [0.05, 0.1) is 11.4 Å². The maximum absolute atomic E-state index is 3.64. The van der Waals surface area contributed by atoms with Crippen LogP contribution in [0.5, 0.6) is 0 Å². The first kappa shape index (κ1) is 12.8. The standard InChI is InChI=1S/C17H26N2/c1-2-19(15-10-4-3-5-11-15)16-12-6-8-14-9-7-13-18-17(14)16/h6,8,12,15,18H,2-5,7,9-11,13H2,1H3. The van der Waals surface area contributed by atoms with Crippen molar-refractivity contribution in [2.45, 2.75) is 57.9 Å². The molecule has 1 heterocycles. The lowest BCUT2D eigenvalue weighted by molar-refractivity contribution is 0.418. The van der Waals surface area contributed by atoms with Gasteiger partial charge in [-0.15, -0.1) is 0 Å². The molecule has 1 aliphatic carbocycles. The van der Waals surface area contributed by atoms with Crippen molar-refractivity contribution in [1.82, 2.24) is 0 Å². The summed E-state index contributed by atoms with van der Waals surface area (Å²) in [6.07, 6.45) is 9.49. The van der Waals surface area contributed by atoms with Gasteiger partial charge in [-0.25, -0.2) is 0 Å². The molecule has 2 heteroatoms. The lowest BCUT2D eigenvalue weighted by Crippen LogP contribution is -2.37. The summed E-state index contributed by atoms with van der Waals surface area (Å²) in [6, 6.07) is 7.61. The molecule has 0 atom stereocenters. The Morgan fingerprint density at radius 2 is 2.00 bits per heavy atom. The van der Waals surface area contributed by atoms with Crippen molar-refractivity contribution in [3.8, 4) is 0 Å². The van der Waals surface area contributed by atoms with Gasteiger partial charge in [-0.05, 0) is 44.2 Å². The van der Waals surface area contributed by atoms with Crippen molar-refractivity contribution in [3.05, 3.63) is 23.8 Å². The van der Waals surface area contributed by atoms with Crippen LogP contribution in [0.15, 0.2) is 18.2 Å². The number of nitrogens with zero attached hydrogens (tertiary/aromatic N) is 1. The minimum absolute atomic E-state index is 0.758. The fourth-order valence-electron chi connectivity index (χ4n) is 3.75. The molecule has 3 rings (SSSR count). The van der Waals surface area contributed by atoms with Gasteiger partial charge in [0.1, 0.15) is 0 Å². The quantitative estimate of drug-likeness (QED) is 0.874. The van der Waals surface area contributed by atoms with Crippen molar-refractivity contribution in [2.24, 2.45) is 0 Å². The third-order valence-electron chi connectivity index (χ3n) is 4.72. The van der Waals surface area contributed by atoms with E-state index < -0.39 is 0 Å². The summed E-state index contributed by atoms with van der Waals surface area (Å²) in [5.74, 6) is 0. The molecule has 1 saturated carbocycles. The lowest BCUT2D eigenvalue weighted by Gasteiger charge is -2.37. The van der Waals surface area contributed by atoms with Crippen molar-refractivity contribution >= 4 is 11.4 Å². The van der Waals surface area contributed by atoms with Crippen LogP contribution in [0, 0.1) is 0 Å². The number of benzene rings is 1. The zero-order valence-corrected chi connectivity index (χ0v) is 12.1. The topological polar surface area (TPSA) is 15.3 Å². The molecule has 0 aromatic heterocycles. The Morgan fingerprint density at radius 1 is 1.16 bits per heavy atom. The Balaban J connectivity index is 1.90. The zero-order valence-electron chi connectivity index (χ0n) is 12.1. The van der Waals surface area contributed by atoms with Crippen molar-refractivity contribution < 1.29 is 0 Å². The molecule has 0 bridgehead atoms. The molecule has 2 aliphatic rings. The van der Waals surface area contributed by atoms with Crippen LogP contribution in [-0.4, -0.2) is 19.1 Å². The van der Waals surface area contributed by atoms with Crippen LogP contribution in [0.1, 0.15) is 51.0 Å². The van der Waals surface area contributed by atoms with Crippen LogP contribution in [0.2, 0.25) is 0 Å². The first-order chi connectivity index (χ1) is 9.40. The number of rotatable bonds is 3. The molecule has 0 saturated heterocycles. The molecule has 104 valence electrons. The van der Waals surface area contributed by atoms with E-state index in [1.54, 1.807) is 0 Å². The summed E-state index contributed by atoms with van der Waals surface area (Å²) in [5.41, 5.74) is 4.38. The smallest absolute Gasteiger partial charge is 0.0610 e. The molecule has 19 heavy (non-hydrogen) atoms. The van der Waals surface area contributed by atoms with Gasteiger partial charge in [-0.3, -0.25) is 0 Å². The highest BCUT2D eigenvalue weighted by Gasteiger charge is 2.23. The molecule has 2 nitrogen and oxygen atoms in total. The van der Waals surface area contributed by atoms with Gasteiger partial charge in [-0.1, -0.05) is 31.4 Å². The summed E-state index contributed by atoms with van der Waals surface area (Å²) in [6.45, 7) is 4.56. The van der Waals surface area contributed by atoms with Crippen molar-refractivity contribution in [3.63, 3.8) is 0 Å². The van der Waals surface area contributed by atoms with Gasteiger partial charge in [0, 0.05) is 19.1 Å². The van der Waals surface area contributed by atoms with Gasteiger partial charge in [0.25, 0.3) is 0 Å². The van der Waals surface area contributed by atoms with Crippen LogP contribution in [-0.2, 0) is 6.42 Å². The monoisotopic (exact) mass is 258 g/mol. The fraction of sp³-hybridized carbons (Fsp3) is 0.647. The van der Waals surface area contributed by atoms with Gasteiger partial charge >= 0.3 is 0 Å². The SMILES string of the molecule is CCN(c1cccc2c1NCCC2)C1CCCCC1. The lowest BCUT2D eigenvalue weighted by atomic mass is 9.93. The van der Waals surface area contributed by atoms with Gasteiger partial charge < -0.3 is 10.2 Å². The molecule has 1 aromatic carbocycles. The van der Waals surface area contributed by atoms with Crippen LogP contribution in [0.3, 0.4) is 0 Å². The predicted octanol–water partition coefficient (Wildman–Crippen LogP) is 4.20. The largest absolute Gasteiger partial charge is 0.383 e. The average Bonchev–Trinajstić information content (AvgIpc) is 2.49. The summed E-state index contributed by atoms with van der Waals surface area (Å²) < 4.78 is 0. The molecule has 1 N–H and O–H groups in total. The summed E-state index contributed by atoms with van der Waals surface area (Å²) in [4.78, 5) is 2.65. The Kier molecular flexibility index (Phi) is 3.95. The van der Waals surface area contributed by atoms with E-state index in [2.05, 4.69) is 35.3 Å². The molecule has 1 fully saturated rings. The van der Waals surface area contributed by atoms with Gasteiger partial charge in [0.15, 0.2) is 0 Å². The van der Waals surface area contributed by atoms with Crippen LogP contribution >= 0.6 is 0 Å². The number of hydrogen-bond donors (Lipinski definition) is 1. The van der Waals surface area contributed by atoms with Crippen LogP contribution < -0.4 is 10.2 Å². The first-order valence-electron chi connectivity index (χ1n) is 8.02. The third-order valence-corrected chi connectivity index (χ3v) is 4.72. The molecule has 1 aliphatic heterocycles. The molecule has 0 radical (unpaired) electrons. The van der Waals surface area contributed by atoms with Crippen LogP contribution in [0.25, 0.3) is 0 Å². The predicted molar refractivity (Wildman–Crippen MR) is 83.1 cm³/mol. The Morgan fingerprint density at radius 3 is 2.79 bits per heavy atom. The zero-order chi connectivity index (χ0) is 13.1. The molecule has 0 unspecified atom stereocenters. The maximum Gasteiger partial charge on any atom is 0.0610 e. The Hall–Kier alpha value is -1.18. The number of anilines is 2. The van der Waals surface area contributed by atoms with E-state index in [1.807, 2.05) is 0 Å². The molecule has 1 aromatic rings. The van der Waals surface area contributed by atoms with Gasteiger partial charge in [-0.2, -0.15) is 0 Å². The second-order valence-corrected chi connectivity index (χ2v) is 5.92. The van der Waals surface area contributed by atoms with E-state index in [0.29, 0.717) is 0 Å². The minimum atomic E-state index is 0.758. The molecular weight excluding hydrogens is 232 g/mol. The highest BCUT2D eigenvalue weighted by atomic mass is 15.2. The third kappa shape index (κ3) is 2.58. The summed E-state index contributed by atoms with van der Waals surface area (Å²) in [5, 5.41) is 3.64. The molecule has 0 spiro atoms. The summed E-state index contributed by atoms with van der Waals surface area (Å²) in [7, 11) is 0. The van der Waals surface area contributed by atoms with Crippen molar-refractivity contribution in [1.29, 1.82) is 0 Å². The fourth-order valence-corrected chi connectivity index (χ4v) is 3.75. The highest BCUT2D eigenvalue weighted by Crippen LogP contribution is 2.36. The van der Waals surface area contributed by atoms with E-state index in [1.165, 1.54) is 61.9 Å². The van der Waals surface area contributed by atoms with E-state index >= 15 is 0 Å². The van der Waals surface area contributed by atoms with Crippen LogP contribution in [0.4, 0.5) is 11.4 Å². The van der Waals surface area contributed by atoms with E-state index in [4.69, 9.17) is 0 Å². The molecular formula is C17H26N2. The molecule has 0 amide bonds. The number of fused-ring (bicyclic) bond motifs is 1. The van der Waals surface area contributed by atoms with Crippen molar-refractivity contribution in [2.75, 3.05) is 23.3 Å². The van der Waals surface area contributed by atoms with E-state index in [0.717, 1.165) is 19.1 Å². The second kappa shape index (κ2) is 5.85. The normalized spacial score (nSPS) is 19.6. The summed E-state index contributed by atoms with van der Waals surface area (Å²) >= 11 is 0. The number of aryl methyl sites for hydroxylation is 1. The minimum Gasteiger partial charge on any atom is -0.383 e. The second-order valence-electron chi connectivity index (χ2n) is 5.92. The first-order valence-corrected chi connectivity index (χ1v) is 8.02. The number of hydrogen-bond acceptors (Lipinski definition) is 2. The van der Waals surface area contributed by atoms with E-state index in [9.17, 15) is 0 Å². The average molecular weight is 258 g/mol. The Labute approximate surface area is 117 Å².